The first-order valence-corrected chi connectivity index (χ1v) is 7.76. The molecule has 1 aliphatic heterocycles. The lowest BCUT2D eigenvalue weighted by Crippen LogP contribution is -2.49. The van der Waals surface area contributed by atoms with Crippen molar-refractivity contribution in [1.82, 2.24) is 10.6 Å². The molecule has 0 bridgehead atoms. The molecule has 0 aliphatic carbocycles. The number of nitrogens with one attached hydrogen (secondary N) is 2. The third kappa shape index (κ3) is 7.03. The first kappa shape index (κ1) is 19.5. The number of amides is 2. The Balaban J connectivity index is 2.53. The standard InChI is InChI=1S/C15H25BN2O5/c1-8(2)7-9(12(19)17-6-5-15(3,4)16)18-13(20)10-11(23-10)14(21)22/h8-11H,5-7H2,1-4H3,(H,17,19)(H,18,20)(H,21,22)/t9-,10-,11-/m0/s1. The second kappa shape index (κ2) is 7.81. The van der Waals surface area contributed by atoms with E-state index in [0.717, 1.165) is 0 Å². The van der Waals surface area contributed by atoms with Gasteiger partial charge in [-0.1, -0.05) is 33.0 Å². The summed E-state index contributed by atoms with van der Waals surface area (Å²) in [6.07, 6.45) is -1.07. The van der Waals surface area contributed by atoms with Crippen molar-refractivity contribution < 1.29 is 24.2 Å². The molecule has 0 spiro atoms. The number of carbonyl (C=O) groups is 3. The van der Waals surface area contributed by atoms with Crippen LogP contribution in [-0.2, 0) is 19.1 Å². The Kier molecular flexibility index (Phi) is 6.62. The van der Waals surface area contributed by atoms with Crippen LogP contribution in [0, 0.1) is 5.92 Å². The van der Waals surface area contributed by atoms with Gasteiger partial charge in [-0.2, -0.15) is 0 Å². The van der Waals surface area contributed by atoms with Crippen LogP contribution in [0.4, 0.5) is 0 Å². The lowest BCUT2D eigenvalue weighted by Gasteiger charge is -2.22. The minimum atomic E-state index is -1.18. The van der Waals surface area contributed by atoms with Crippen molar-refractivity contribution in [2.45, 2.75) is 64.1 Å². The van der Waals surface area contributed by atoms with Crippen LogP contribution >= 0.6 is 0 Å². The maximum atomic E-state index is 12.2. The molecule has 3 N–H and O–H groups in total. The van der Waals surface area contributed by atoms with Gasteiger partial charge in [0.15, 0.2) is 12.2 Å². The third-order valence-corrected chi connectivity index (χ3v) is 3.40. The van der Waals surface area contributed by atoms with E-state index in [4.69, 9.17) is 17.7 Å². The highest BCUT2D eigenvalue weighted by atomic mass is 16.6. The highest BCUT2D eigenvalue weighted by molar-refractivity contribution is 6.14. The quantitative estimate of drug-likeness (QED) is 0.416. The van der Waals surface area contributed by atoms with Gasteiger partial charge in [0.2, 0.25) is 5.91 Å². The van der Waals surface area contributed by atoms with Gasteiger partial charge in [0.05, 0.1) is 7.85 Å². The summed E-state index contributed by atoms with van der Waals surface area (Å²) in [6.45, 7) is 8.00. The summed E-state index contributed by atoms with van der Waals surface area (Å²) in [7, 11) is 5.86. The molecule has 0 saturated carbocycles. The lowest BCUT2D eigenvalue weighted by molar-refractivity contribution is -0.138. The number of carbonyl (C=O) groups excluding carboxylic acids is 2. The summed E-state index contributed by atoms with van der Waals surface area (Å²) in [5.74, 6) is -1.87. The zero-order chi connectivity index (χ0) is 17.8. The molecule has 2 amide bonds. The topological polar surface area (TPSA) is 108 Å². The lowest BCUT2D eigenvalue weighted by atomic mass is 9.70. The van der Waals surface area contributed by atoms with Gasteiger partial charge in [-0.25, -0.2) is 4.79 Å². The van der Waals surface area contributed by atoms with E-state index in [2.05, 4.69) is 10.6 Å². The molecule has 1 saturated heterocycles. The largest absolute Gasteiger partial charge is 0.479 e. The monoisotopic (exact) mass is 324 g/mol. The molecular formula is C15H25BN2O5. The van der Waals surface area contributed by atoms with Crippen LogP contribution in [-0.4, -0.2) is 55.5 Å². The van der Waals surface area contributed by atoms with Crippen LogP contribution in [0.5, 0.6) is 0 Å². The smallest absolute Gasteiger partial charge is 0.336 e. The van der Waals surface area contributed by atoms with Gasteiger partial charge in [0.25, 0.3) is 5.91 Å². The number of ether oxygens (including phenoxy) is 1. The third-order valence-electron chi connectivity index (χ3n) is 3.40. The predicted molar refractivity (Wildman–Crippen MR) is 85.1 cm³/mol. The van der Waals surface area contributed by atoms with Crippen molar-refractivity contribution >= 4 is 25.6 Å². The molecular weight excluding hydrogens is 299 g/mol. The summed E-state index contributed by atoms with van der Waals surface area (Å²) in [6, 6.07) is -0.720. The molecule has 1 rings (SSSR count). The van der Waals surface area contributed by atoms with Crippen molar-refractivity contribution in [1.29, 1.82) is 0 Å². The maximum Gasteiger partial charge on any atom is 0.336 e. The first-order chi connectivity index (χ1) is 10.5. The summed E-state index contributed by atoms with van der Waals surface area (Å²) in [5.41, 5.74) is 0. The van der Waals surface area contributed by atoms with Crippen LogP contribution in [0.15, 0.2) is 0 Å². The van der Waals surface area contributed by atoms with Crippen LogP contribution in [0.1, 0.15) is 40.5 Å². The Hall–Kier alpha value is -1.57. The zero-order valence-corrected chi connectivity index (χ0v) is 14.1. The number of hydrogen-bond donors (Lipinski definition) is 3. The summed E-state index contributed by atoms with van der Waals surface area (Å²) in [5, 5.41) is 13.7. The van der Waals surface area contributed by atoms with E-state index in [1.165, 1.54) is 0 Å². The average molecular weight is 324 g/mol. The van der Waals surface area contributed by atoms with E-state index >= 15 is 0 Å². The minimum Gasteiger partial charge on any atom is -0.479 e. The van der Waals surface area contributed by atoms with Crippen LogP contribution in [0.3, 0.4) is 0 Å². The Morgan fingerprint density at radius 1 is 1.26 bits per heavy atom. The molecule has 0 aromatic carbocycles. The highest BCUT2D eigenvalue weighted by Crippen LogP contribution is 2.23. The fourth-order valence-electron chi connectivity index (χ4n) is 2.09. The molecule has 0 unspecified atom stereocenters. The number of carboxylic acid groups (broad SMARTS) is 1. The number of rotatable bonds is 9. The van der Waals surface area contributed by atoms with E-state index in [1.54, 1.807) is 0 Å². The van der Waals surface area contributed by atoms with E-state index in [-0.39, 0.29) is 17.1 Å². The Morgan fingerprint density at radius 3 is 2.30 bits per heavy atom. The molecule has 1 fully saturated rings. The van der Waals surface area contributed by atoms with E-state index in [9.17, 15) is 14.4 Å². The zero-order valence-electron chi connectivity index (χ0n) is 14.1. The molecule has 1 heterocycles. The van der Waals surface area contributed by atoms with Gasteiger partial charge < -0.3 is 20.5 Å². The second-order valence-corrected chi connectivity index (χ2v) is 7.04. The van der Waals surface area contributed by atoms with Gasteiger partial charge in [0, 0.05) is 6.54 Å². The van der Waals surface area contributed by atoms with Crippen LogP contribution in [0.2, 0.25) is 5.31 Å². The fourth-order valence-corrected chi connectivity index (χ4v) is 2.09. The molecule has 7 nitrogen and oxygen atoms in total. The van der Waals surface area contributed by atoms with Gasteiger partial charge in [-0.3, -0.25) is 9.59 Å². The normalized spacial score (nSPS) is 21.6. The molecule has 3 atom stereocenters. The molecule has 0 aromatic rings. The van der Waals surface area contributed by atoms with Crippen molar-refractivity contribution in [2.75, 3.05) is 6.54 Å². The first-order valence-electron chi connectivity index (χ1n) is 7.76. The number of epoxide rings is 1. The Morgan fingerprint density at radius 2 is 1.87 bits per heavy atom. The van der Waals surface area contributed by atoms with E-state index < -0.39 is 30.1 Å². The van der Waals surface area contributed by atoms with Gasteiger partial charge in [-0.15, -0.1) is 0 Å². The number of carboxylic acids is 1. The fraction of sp³-hybridized carbons (Fsp3) is 0.800. The van der Waals surface area contributed by atoms with Gasteiger partial charge in [-0.05, 0) is 18.8 Å². The molecule has 23 heavy (non-hydrogen) atoms. The maximum absolute atomic E-state index is 12.2. The van der Waals surface area contributed by atoms with Crippen LogP contribution in [0.25, 0.3) is 0 Å². The van der Waals surface area contributed by atoms with Gasteiger partial charge >= 0.3 is 5.97 Å². The van der Waals surface area contributed by atoms with Crippen molar-refractivity contribution in [3.8, 4) is 0 Å². The van der Waals surface area contributed by atoms with E-state index in [0.29, 0.717) is 19.4 Å². The summed E-state index contributed by atoms with van der Waals surface area (Å²) in [4.78, 5) is 34.9. The van der Waals surface area contributed by atoms with Gasteiger partial charge in [0.1, 0.15) is 6.04 Å². The Labute approximate surface area is 137 Å². The second-order valence-electron chi connectivity index (χ2n) is 7.04. The highest BCUT2D eigenvalue weighted by Gasteiger charge is 2.51. The molecule has 0 aromatic heterocycles. The average Bonchev–Trinajstić information content (AvgIpc) is 3.15. The van der Waals surface area contributed by atoms with Crippen molar-refractivity contribution in [3.05, 3.63) is 0 Å². The predicted octanol–water partition coefficient (Wildman–Crippen LogP) is 0.243. The van der Waals surface area contributed by atoms with Crippen molar-refractivity contribution in [3.63, 3.8) is 0 Å². The SMILES string of the molecule is [B]C(C)(C)CCNC(=O)[C@H](CC(C)C)NC(=O)[C@H]1O[C@@H]1C(=O)O. The molecule has 8 heteroatoms. The number of hydrogen-bond acceptors (Lipinski definition) is 4. The van der Waals surface area contributed by atoms with Crippen LogP contribution < -0.4 is 10.6 Å². The molecule has 2 radical (unpaired) electrons. The summed E-state index contributed by atoms with van der Waals surface area (Å²) < 4.78 is 4.79. The molecule has 128 valence electrons. The van der Waals surface area contributed by atoms with Crippen molar-refractivity contribution in [2.24, 2.45) is 5.92 Å². The minimum absolute atomic E-state index is 0.187. The molecule has 1 aliphatic rings. The summed E-state index contributed by atoms with van der Waals surface area (Å²) >= 11 is 0. The van der Waals surface area contributed by atoms with E-state index in [1.807, 2.05) is 27.7 Å². The number of aliphatic carboxylic acids is 1. The Bertz CT molecular complexity index is 461.